The summed E-state index contributed by atoms with van der Waals surface area (Å²) in [5.41, 5.74) is 2.81. The highest BCUT2D eigenvalue weighted by atomic mass is 16.5. The summed E-state index contributed by atoms with van der Waals surface area (Å²) in [4.78, 5) is 27.1. The van der Waals surface area contributed by atoms with Gasteiger partial charge in [-0.2, -0.15) is 4.98 Å². The molecule has 0 saturated heterocycles. The van der Waals surface area contributed by atoms with Crippen LogP contribution in [0.15, 0.2) is 72.0 Å². The van der Waals surface area contributed by atoms with Crippen LogP contribution in [-0.2, 0) is 4.79 Å². The summed E-state index contributed by atoms with van der Waals surface area (Å²) in [5, 5.41) is 7.76. The Morgan fingerprint density at radius 2 is 1.76 bits per heavy atom. The highest BCUT2D eigenvalue weighted by Gasteiger charge is 2.40. The average Bonchev–Trinajstić information content (AvgIpc) is 3.36. The summed E-state index contributed by atoms with van der Waals surface area (Å²) in [6.07, 6.45) is 3.25. The Bertz CT molecular complexity index is 1450. The molecule has 2 aromatic carbocycles. The highest BCUT2D eigenvalue weighted by molar-refractivity contribution is 6.10. The number of pyridine rings is 1. The van der Waals surface area contributed by atoms with Crippen LogP contribution in [0.25, 0.3) is 11.4 Å². The lowest BCUT2D eigenvalue weighted by Gasteiger charge is -2.30. The van der Waals surface area contributed by atoms with E-state index >= 15 is 0 Å². The SMILES string of the molecule is COc1ccc(-c2nc3n(n2)C(c2ccc(OC)c(OC)c2)C(C(=O)Nc2cccnc2)C(C)=N3)cc1. The monoisotopic (exact) mass is 498 g/mol. The van der Waals surface area contributed by atoms with Crippen molar-refractivity contribution in [1.82, 2.24) is 19.7 Å². The molecular weight excluding hydrogens is 472 g/mol. The number of aromatic nitrogens is 4. The fourth-order valence-electron chi connectivity index (χ4n) is 4.40. The summed E-state index contributed by atoms with van der Waals surface area (Å²) in [6.45, 7) is 1.83. The van der Waals surface area contributed by atoms with Gasteiger partial charge in [0.1, 0.15) is 11.7 Å². The molecule has 5 rings (SSSR count). The summed E-state index contributed by atoms with van der Waals surface area (Å²) in [6, 6.07) is 16.0. The van der Waals surface area contributed by atoms with Gasteiger partial charge in [0.05, 0.1) is 39.3 Å². The molecule has 1 aliphatic rings. The zero-order valence-corrected chi connectivity index (χ0v) is 20.9. The minimum atomic E-state index is -0.670. The lowest BCUT2D eigenvalue weighted by atomic mass is 9.87. The predicted octanol–water partition coefficient (Wildman–Crippen LogP) is 4.32. The normalized spacial score (nSPS) is 16.4. The number of anilines is 1. The Kier molecular flexibility index (Phi) is 6.55. The predicted molar refractivity (Wildman–Crippen MR) is 139 cm³/mol. The molecule has 188 valence electrons. The smallest absolute Gasteiger partial charge is 0.248 e. The first kappa shape index (κ1) is 24.0. The number of rotatable bonds is 7. The third kappa shape index (κ3) is 4.61. The number of benzene rings is 2. The van der Waals surface area contributed by atoms with E-state index in [0.29, 0.717) is 34.7 Å². The van der Waals surface area contributed by atoms with Gasteiger partial charge in [0, 0.05) is 17.5 Å². The van der Waals surface area contributed by atoms with Crippen LogP contribution in [0, 0.1) is 5.92 Å². The number of ether oxygens (including phenoxy) is 3. The summed E-state index contributed by atoms with van der Waals surface area (Å²) < 4.78 is 17.9. The molecule has 0 aliphatic carbocycles. The van der Waals surface area contributed by atoms with Gasteiger partial charge in [-0.15, -0.1) is 5.10 Å². The minimum absolute atomic E-state index is 0.235. The zero-order valence-electron chi connectivity index (χ0n) is 20.9. The number of carbonyl (C=O) groups excluding carboxylic acids is 1. The molecule has 2 unspecified atom stereocenters. The van der Waals surface area contributed by atoms with E-state index in [1.165, 1.54) is 0 Å². The zero-order chi connectivity index (χ0) is 25.9. The number of amides is 1. The first-order valence-electron chi connectivity index (χ1n) is 11.6. The maximum absolute atomic E-state index is 13.6. The lowest BCUT2D eigenvalue weighted by molar-refractivity contribution is -0.118. The number of nitrogens with one attached hydrogen (secondary N) is 1. The first-order chi connectivity index (χ1) is 18.0. The molecule has 0 spiro atoms. The van der Waals surface area contributed by atoms with Gasteiger partial charge >= 0.3 is 0 Å². The quantitative estimate of drug-likeness (QED) is 0.404. The lowest BCUT2D eigenvalue weighted by Crippen LogP contribution is -2.39. The Morgan fingerprint density at radius 1 is 0.973 bits per heavy atom. The molecular formula is C27H26N6O4. The van der Waals surface area contributed by atoms with Crippen molar-refractivity contribution in [2.75, 3.05) is 26.6 Å². The van der Waals surface area contributed by atoms with Crippen LogP contribution >= 0.6 is 0 Å². The van der Waals surface area contributed by atoms with E-state index in [1.54, 1.807) is 50.5 Å². The molecule has 0 saturated carbocycles. The van der Waals surface area contributed by atoms with Crippen molar-refractivity contribution in [1.29, 1.82) is 0 Å². The van der Waals surface area contributed by atoms with E-state index in [-0.39, 0.29) is 5.91 Å². The van der Waals surface area contributed by atoms with Gasteiger partial charge < -0.3 is 19.5 Å². The third-order valence-corrected chi connectivity index (χ3v) is 6.23. The maximum atomic E-state index is 13.6. The second kappa shape index (κ2) is 10.1. The van der Waals surface area contributed by atoms with Gasteiger partial charge in [-0.05, 0) is 61.0 Å². The largest absolute Gasteiger partial charge is 0.497 e. The molecule has 10 heteroatoms. The van der Waals surface area contributed by atoms with E-state index in [2.05, 4.69) is 20.3 Å². The van der Waals surface area contributed by atoms with Crippen LogP contribution in [-0.4, -0.2) is 52.7 Å². The topological polar surface area (TPSA) is 113 Å². The number of methoxy groups -OCH3 is 3. The summed E-state index contributed by atoms with van der Waals surface area (Å²) >= 11 is 0. The van der Waals surface area contributed by atoms with Gasteiger partial charge in [-0.25, -0.2) is 9.67 Å². The number of hydrogen-bond acceptors (Lipinski definition) is 8. The molecule has 0 bridgehead atoms. The van der Waals surface area contributed by atoms with Crippen LogP contribution in [0.5, 0.6) is 17.2 Å². The second-order valence-corrected chi connectivity index (χ2v) is 8.43. The molecule has 2 aromatic heterocycles. The van der Waals surface area contributed by atoms with Crippen molar-refractivity contribution in [2.24, 2.45) is 10.9 Å². The Labute approximate surface area is 214 Å². The molecule has 0 radical (unpaired) electrons. The number of carbonyl (C=O) groups is 1. The molecule has 1 aliphatic heterocycles. The summed E-state index contributed by atoms with van der Waals surface area (Å²) in [5.74, 6) is 1.86. The van der Waals surface area contributed by atoms with Crippen molar-refractivity contribution >= 4 is 23.3 Å². The van der Waals surface area contributed by atoms with Gasteiger partial charge in [0.2, 0.25) is 11.9 Å². The van der Waals surface area contributed by atoms with Crippen molar-refractivity contribution in [3.8, 4) is 28.6 Å². The van der Waals surface area contributed by atoms with Crippen LogP contribution < -0.4 is 19.5 Å². The molecule has 3 heterocycles. The van der Waals surface area contributed by atoms with Crippen molar-refractivity contribution in [3.05, 3.63) is 72.6 Å². The van der Waals surface area contributed by atoms with Crippen molar-refractivity contribution in [2.45, 2.75) is 13.0 Å². The van der Waals surface area contributed by atoms with Gasteiger partial charge in [-0.3, -0.25) is 9.78 Å². The van der Waals surface area contributed by atoms with E-state index in [0.717, 1.165) is 16.9 Å². The average molecular weight is 499 g/mol. The molecule has 10 nitrogen and oxygen atoms in total. The van der Waals surface area contributed by atoms with Crippen LogP contribution in [0.1, 0.15) is 18.5 Å². The molecule has 1 N–H and O–H groups in total. The Hall–Kier alpha value is -4.73. The van der Waals surface area contributed by atoms with E-state index < -0.39 is 12.0 Å². The number of aliphatic imine (C=N–C) groups is 1. The number of hydrogen-bond donors (Lipinski definition) is 1. The highest BCUT2D eigenvalue weighted by Crippen LogP contribution is 2.40. The van der Waals surface area contributed by atoms with Crippen molar-refractivity contribution in [3.63, 3.8) is 0 Å². The van der Waals surface area contributed by atoms with Crippen molar-refractivity contribution < 1.29 is 19.0 Å². The number of fused-ring (bicyclic) bond motifs is 1. The van der Waals surface area contributed by atoms with Crippen LogP contribution in [0.4, 0.5) is 11.6 Å². The Balaban J connectivity index is 1.61. The fourth-order valence-corrected chi connectivity index (χ4v) is 4.40. The van der Waals surface area contributed by atoms with Crippen LogP contribution in [0.2, 0.25) is 0 Å². The van der Waals surface area contributed by atoms with Gasteiger partial charge in [-0.1, -0.05) is 6.07 Å². The first-order valence-corrected chi connectivity index (χ1v) is 11.6. The fraction of sp³-hybridized carbons (Fsp3) is 0.222. The summed E-state index contributed by atoms with van der Waals surface area (Å²) in [7, 11) is 4.77. The second-order valence-electron chi connectivity index (χ2n) is 8.43. The van der Waals surface area contributed by atoms with E-state index in [4.69, 9.17) is 19.3 Å². The molecule has 0 fully saturated rings. The van der Waals surface area contributed by atoms with E-state index in [1.807, 2.05) is 49.4 Å². The third-order valence-electron chi connectivity index (χ3n) is 6.23. The van der Waals surface area contributed by atoms with E-state index in [9.17, 15) is 4.79 Å². The maximum Gasteiger partial charge on any atom is 0.248 e. The molecule has 2 atom stereocenters. The minimum Gasteiger partial charge on any atom is -0.497 e. The van der Waals surface area contributed by atoms with Gasteiger partial charge in [0.25, 0.3) is 0 Å². The standard InChI is InChI=1S/C27H26N6O4/c1-16-23(26(34)30-19-6-5-13-28-15-19)24(18-9-12-21(36-3)22(14-18)37-4)33-27(29-16)31-25(32-33)17-7-10-20(35-2)11-8-17/h5-15,23-24H,1-4H3,(H,30,34). The molecule has 4 aromatic rings. The van der Waals surface area contributed by atoms with Crippen LogP contribution in [0.3, 0.4) is 0 Å². The number of nitrogens with zero attached hydrogens (tertiary/aromatic N) is 5. The molecule has 37 heavy (non-hydrogen) atoms. The Morgan fingerprint density at radius 3 is 2.43 bits per heavy atom. The van der Waals surface area contributed by atoms with Gasteiger partial charge in [0.15, 0.2) is 17.3 Å². The molecule has 1 amide bonds.